The number of hydrogen-bond donors (Lipinski definition) is 2. The van der Waals surface area contributed by atoms with Crippen LogP contribution in [0.4, 0.5) is 0 Å². The Morgan fingerprint density at radius 1 is 1.41 bits per heavy atom. The van der Waals surface area contributed by atoms with E-state index in [1.54, 1.807) is 0 Å². The number of para-hydroxylation sites is 1. The Morgan fingerprint density at radius 2 is 2.18 bits per heavy atom. The summed E-state index contributed by atoms with van der Waals surface area (Å²) < 4.78 is 5.83. The molecule has 1 aromatic carbocycles. The number of piperidine rings is 1. The van der Waals surface area contributed by atoms with Crippen molar-refractivity contribution in [3.05, 3.63) is 35.6 Å². The van der Waals surface area contributed by atoms with E-state index in [9.17, 15) is 4.79 Å². The molecule has 0 spiro atoms. The Labute approximate surface area is 137 Å². The van der Waals surface area contributed by atoms with Crippen molar-refractivity contribution in [3.63, 3.8) is 0 Å². The Balaban J connectivity index is 0.00000176. The lowest BCUT2D eigenvalue weighted by Gasteiger charge is -2.26. The molecule has 0 saturated carbocycles. The minimum atomic E-state index is 0. The average Bonchev–Trinajstić information content (AvgIpc) is 2.82. The highest BCUT2D eigenvalue weighted by atomic mass is 35.5. The summed E-state index contributed by atoms with van der Waals surface area (Å²) >= 11 is 0. The fraction of sp³-hybridized carbons (Fsp3) is 0.471. The normalized spacial score (nSPS) is 21.4. The number of carbonyl (C=O) groups is 1. The van der Waals surface area contributed by atoms with Crippen molar-refractivity contribution in [2.45, 2.75) is 39.3 Å². The zero-order chi connectivity index (χ0) is 14.8. The van der Waals surface area contributed by atoms with Gasteiger partial charge in [-0.3, -0.25) is 4.79 Å². The van der Waals surface area contributed by atoms with E-state index in [1.807, 2.05) is 31.2 Å². The minimum absolute atomic E-state index is 0. The maximum atomic E-state index is 12.3. The van der Waals surface area contributed by atoms with Crippen molar-refractivity contribution < 1.29 is 9.21 Å². The first-order valence-electron chi connectivity index (χ1n) is 7.63. The number of halogens is 1. The molecule has 1 amide bonds. The third-order valence-electron chi connectivity index (χ3n) is 4.36. The monoisotopic (exact) mass is 322 g/mol. The lowest BCUT2D eigenvalue weighted by molar-refractivity contribution is -0.126. The summed E-state index contributed by atoms with van der Waals surface area (Å²) in [6.07, 6.45) is 1.82. The number of carbonyl (C=O) groups excluding carboxylic acids is 1. The maximum Gasteiger partial charge on any atom is 0.223 e. The second-order valence-electron chi connectivity index (χ2n) is 5.94. The number of benzene rings is 1. The van der Waals surface area contributed by atoms with Gasteiger partial charge in [-0.25, -0.2) is 0 Å². The lowest BCUT2D eigenvalue weighted by Crippen LogP contribution is -2.42. The molecule has 2 atom stereocenters. The van der Waals surface area contributed by atoms with E-state index in [2.05, 4.69) is 17.6 Å². The Morgan fingerprint density at radius 3 is 2.91 bits per heavy atom. The molecular formula is C17H23ClN2O2. The largest absolute Gasteiger partial charge is 0.459 e. The van der Waals surface area contributed by atoms with E-state index in [4.69, 9.17) is 4.42 Å². The molecule has 3 rings (SSSR count). The molecule has 22 heavy (non-hydrogen) atoms. The standard InChI is InChI=1S/C17H22N2O2.ClH/c1-11-9-13(7-8-18-11)17(20)19-10-16-12(2)14-5-3-4-6-15(14)21-16;/h3-6,11,13,18H,7-10H2,1-2H3,(H,19,20);1H/t11-,13-;/m0./s1. The van der Waals surface area contributed by atoms with Gasteiger partial charge in [-0.15, -0.1) is 12.4 Å². The van der Waals surface area contributed by atoms with Crippen LogP contribution in [0.25, 0.3) is 11.0 Å². The van der Waals surface area contributed by atoms with Gasteiger partial charge in [-0.1, -0.05) is 18.2 Å². The predicted octanol–water partition coefficient (Wildman–Crippen LogP) is 3.17. The first-order chi connectivity index (χ1) is 10.1. The van der Waals surface area contributed by atoms with E-state index in [-0.39, 0.29) is 24.2 Å². The third kappa shape index (κ3) is 3.45. The number of aryl methyl sites for hydroxylation is 1. The average molecular weight is 323 g/mol. The summed E-state index contributed by atoms with van der Waals surface area (Å²) in [6, 6.07) is 8.39. The van der Waals surface area contributed by atoms with E-state index < -0.39 is 0 Å². The number of nitrogens with one attached hydrogen (secondary N) is 2. The van der Waals surface area contributed by atoms with Crippen LogP contribution in [0.1, 0.15) is 31.1 Å². The fourth-order valence-electron chi connectivity index (χ4n) is 3.08. The van der Waals surface area contributed by atoms with Crippen molar-refractivity contribution in [3.8, 4) is 0 Å². The van der Waals surface area contributed by atoms with Gasteiger partial charge in [-0.2, -0.15) is 0 Å². The molecule has 0 radical (unpaired) electrons. The summed E-state index contributed by atoms with van der Waals surface area (Å²) in [4.78, 5) is 12.3. The van der Waals surface area contributed by atoms with Crippen LogP contribution in [0, 0.1) is 12.8 Å². The molecule has 1 saturated heterocycles. The van der Waals surface area contributed by atoms with Crippen molar-refractivity contribution in [2.24, 2.45) is 5.92 Å². The molecule has 120 valence electrons. The van der Waals surface area contributed by atoms with E-state index >= 15 is 0 Å². The van der Waals surface area contributed by atoms with Gasteiger partial charge in [0.25, 0.3) is 0 Å². The second-order valence-corrected chi connectivity index (χ2v) is 5.94. The van der Waals surface area contributed by atoms with Crippen LogP contribution in [0.3, 0.4) is 0 Å². The van der Waals surface area contributed by atoms with Gasteiger partial charge in [0, 0.05) is 22.9 Å². The second kappa shape index (κ2) is 7.16. The Hall–Kier alpha value is -1.52. The molecule has 2 N–H and O–H groups in total. The minimum Gasteiger partial charge on any atom is -0.459 e. The smallest absolute Gasteiger partial charge is 0.223 e. The number of fused-ring (bicyclic) bond motifs is 1. The van der Waals surface area contributed by atoms with Crippen molar-refractivity contribution in [1.29, 1.82) is 0 Å². The molecule has 2 heterocycles. The van der Waals surface area contributed by atoms with Crippen LogP contribution in [-0.4, -0.2) is 18.5 Å². The number of furan rings is 1. The van der Waals surface area contributed by atoms with E-state index in [0.717, 1.165) is 41.7 Å². The number of hydrogen-bond acceptors (Lipinski definition) is 3. The maximum absolute atomic E-state index is 12.3. The van der Waals surface area contributed by atoms with Gasteiger partial charge in [0.05, 0.1) is 6.54 Å². The first-order valence-corrected chi connectivity index (χ1v) is 7.63. The quantitative estimate of drug-likeness (QED) is 0.912. The third-order valence-corrected chi connectivity index (χ3v) is 4.36. The van der Waals surface area contributed by atoms with Crippen LogP contribution < -0.4 is 10.6 Å². The zero-order valence-electron chi connectivity index (χ0n) is 13.0. The molecule has 0 bridgehead atoms. The van der Waals surface area contributed by atoms with Crippen molar-refractivity contribution in [1.82, 2.24) is 10.6 Å². The van der Waals surface area contributed by atoms with Crippen LogP contribution in [-0.2, 0) is 11.3 Å². The van der Waals surface area contributed by atoms with Crippen molar-refractivity contribution in [2.75, 3.05) is 6.54 Å². The molecule has 1 fully saturated rings. The molecule has 1 aliphatic heterocycles. The van der Waals surface area contributed by atoms with Crippen LogP contribution in [0.5, 0.6) is 0 Å². The molecule has 1 aromatic heterocycles. The van der Waals surface area contributed by atoms with E-state index in [1.165, 1.54) is 0 Å². The molecule has 1 aliphatic rings. The van der Waals surface area contributed by atoms with Crippen LogP contribution in [0.2, 0.25) is 0 Å². The highest BCUT2D eigenvalue weighted by Crippen LogP contribution is 2.25. The highest BCUT2D eigenvalue weighted by Gasteiger charge is 2.24. The van der Waals surface area contributed by atoms with Crippen LogP contribution >= 0.6 is 12.4 Å². The highest BCUT2D eigenvalue weighted by molar-refractivity contribution is 5.85. The molecule has 2 aromatic rings. The van der Waals surface area contributed by atoms with Gasteiger partial charge in [0.15, 0.2) is 0 Å². The summed E-state index contributed by atoms with van der Waals surface area (Å²) in [7, 11) is 0. The lowest BCUT2D eigenvalue weighted by atomic mass is 9.92. The van der Waals surface area contributed by atoms with Crippen LogP contribution in [0.15, 0.2) is 28.7 Å². The molecule has 5 heteroatoms. The number of rotatable bonds is 3. The topological polar surface area (TPSA) is 54.3 Å². The van der Waals surface area contributed by atoms with Gasteiger partial charge < -0.3 is 15.1 Å². The summed E-state index contributed by atoms with van der Waals surface area (Å²) in [5.74, 6) is 1.11. The zero-order valence-corrected chi connectivity index (χ0v) is 13.8. The Kier molecular flexibility index (Phi) is 5.48. The molecule has 0 unspecified atom stereocenters. The fourth-order valence-corrected chi connectivity index (χ4v) is 3.08. The molecule has 4 nitrogen and oxygen atoms in total. The van der Waals surface area contributed by atoms with Gasteiger partial charge >= 0.3 is 0 Å². The summed E-state index contributed by atoms with van der Waals surface area (Å²) in [6.45, 7) is 5.56. The summed E-state index contributed by atoms with van der Waals surface area (Å²) in [5, 5.41) is 7.52. The number of amides is 1. The van der Waals surface area contributed by atoms with Crippen molar-refractivity contribution >= 4 is 29.3 Å². The molecular weight excluding hydrogens is 300 g/mol. The first kappa shape index (κ1) is 16.8. The SMILES string of the molecule is Cc1c(CNC(=O)[C@H]2CCN[C@@H](C)C2)oc2ccccc12.Cl. The summed E-state index contributed by atoms with van der Waals surface area (Å²) in [5.41, 5.74) is 2.00. The van der Waals surface area contributed by atoms with Gasteiger partial charge in [-0.05, 0) is 39.3 Å². The predicted molar refractivity (Wildman–Crippen MR) is 90.2 cm³/mol. The molecule has 0 aliphatic carbocycles. The van der Waals surface area contributed by atoms with Gasteiger partial charge in [0.1, 0.15) is 11.3 Å². The van der Waals surface area contributed by atoms with E-state index in [0.29, 0.717) is 12.6 Å². The Bertz CT molecular complexity index is 653. The van der Waals surface area contributed by atoms with Gasteiger partial charge in [0.2, 0.25) is 5.91 Å².